The third-order valence-corrected chi connectivity index (χ3v) is 7.41. The highest BCUT2D eigenvalue weighted by molar-refractivity contribution is 6.20. The Bertz CT molecular complexity index is 1150. The van der Waals surface area contributed by atoms with E-state index in [2.05, 4.69) is 10.6 Å². The Morgan fingerprint density at radius 3 is 2.43 bits per heavy atom. The monoisotopic (exact) mass is 472 g/mol. The van der Waals surface area contributed by atoms with E-state index < -0.39 is 11.7 Å². The number of likely N-dealkylation sites (N-methyl/N-ethyl adjacent to an activating group) is 1. The fourth-order valence-corrected chi connectivity index (χ4v) is 5.16. The molecule has 3 amide bonds. The first-order valence-corrected chi connectivity index (χ1v) is 12.6. The number of carbonyl (C=O) groups excluding carboxylic acids is 3. The first-order valence-electron chi connectivity index (χ1n) is 12.6. The van der Waals surface area contributed by atoms with Crippen LogP contribution in [-0.4, -0.2) is 42.2 Å². The molecular weight excluding hydrogens is 440 g/mol. The van der Waals surface area contributed by atoms with E-state index in [4.69, 9.17) is 4.99 Å². The van der Waals surface area contributed by atoms with Crippen LogP contribution in [0, 0.1) is 5.92 Å². The maximum atomic E-state index is 13.6. The van der Waals surface area contributed by atoms with Crippen LogP contribution in [-0.2, 0) is 14.4 Å². The molecule has 0 aromatic heterocycles. The largest absolute Gasteiger partial charge is 0.342 e. The van der Waals surface area contributed by atoms with Gasteiger partial charge in [0.1, 0.15) is 5.54 Å². The molecule has 3 aliphatic rings. The van der Waals surface area contributed by atoms with Crippen molar-refractivity contribution in [2.45, 2.75) is 63.1 Å². The summed E-state index contributed by atoms with van der Waals surface area (Å²) in [5, 5.41) is 5.95. The third-order valence-electron chi connectivity index (χ3n) is 7.41. The molecule has 182 valence electrons. The zero-order chi connectivity index (χ0) is 24.4. The quantitative estimate of drug-likeness (QED) is 0.646. The molecule has 1 heterocycles. The molecule has 2 saturated carbocycles. The summed E-state index contributed by atoms with van der Waals surface area (Å²) in [5.74, 6) is -0.0756. The topological polar surface area (TPSA) is 90.9 Å². The highest BCUT2D eigenvalue weighted by atomic mass is 16.2. The van der Waals surface area contributed by atoms with E-state index in [1.807, 2.05) is 54.6 Å². The molecule has 0 radical (unpaired) electrons. The van der Waals surface area contributed by atoms with Crippen molar-refractivity contribution in [3.8, 4) is 0 Å². The maximum Gasteiger partial charge on any atom is 0.272 e. The van der Waals surface area contributed by atoms with Crippen LogP contribution in [0.25, 0.3) is 0 Å². The van der Waals surface area contributed by atoms with Gasteiger partial charge in [0.2, 0.25) is 18.0 Å². The van der Waals surface area contributed by atoms with Crippen molar-refractivity contribution >= 4 is 29.1 Å². The minimum absolute atomic E-state index is 0.0841. The summed E-state index contributed by atoms with van der Waals surface area (Å²) in [6.45, 7) is 0. The number of anilines is 1. The number of nitrogens with zero attached hydrogens (tertiary/aromatic N) is 2. The molecule has 7 heteroatoms. The normalized spacial score (nSPS) is 21.1. The van der Waals surface area contributed by atoms with E-state index in [0.717, 1.165) is 36.1 Å². The lowest BCUT2D eigenvalue weighted by Crippen LogP contribution is -2.60. The van der Waals surface area contributed by atoms with Gasteiger partial charge in [-0.15, -0.1) is 0 Å². The molecule has 1 atom stereocenters. The van der Waals surface area contributed by atoms with Crippen molar-refractivity contribution in [3.63, 3.8) is 0 Å². The van der Waals surface area contributed by atoms with Crippen LogP contribution in [0.3, 0.4) is 0 Å². The van der Waals surface area contributed by atoms with Crippen molar-refractivity contribution in [1.82, 2.24) is 10.6 Å². The third kappa shape index (κ3) is 4.85. The number of aliphatic imine (C=N–C) groups is 1. The number of nitrogens with one attached hydrogen (secondary N) is 2. The van der Waals surface area contributed by atoms with E-state index in [1.54, 1.807) is 11.9 Å². The van der Waals surface area contributed by atoms with Gasteiger partial charge in [0, 0.05) is 24.6 Å². The number of amides is 3. The zero-order valence-corrected chi connectivity index (χ0v) is 20.1. The molecule has 0 bridgehead atoms. The molecule has 7 nitrogen and oxygen atoms in total. The van der Waals surface area contributed by atoms with Gasteiger partial charge < -0.3 is 15.5 Å². The fourth-order valence-electron chi connectivity index (χ4n) is 5.16. The van der Waals surface area contributed by atoms with Crippen LogP contribution in [0.4, 0.5) is 5.69 Å². The summed E-state index contributed by atoms with van der Waals surface area (Å²) >= 11 is 0. The number of benzene rings is 2. The van der Waals surface area contributed by atoms with Gasteiger partial charge in [-0.05, 0) is 31.2 Å². The molecule has 0 saturated heterocycles. The lowest BCUT2D eigenvalue weighted by molar-refractivity contribution is -0.135. The summed E-state index contributed by atoms with van der Waals surface area (Å²) in [6.07, 6.45) is 5.48. The first-order chi connectivity index (χ1) is 17.0. The molecule has 1 unspecified atom stereocenters. The van der Waals surface area contributed by atoms with Crippen molar-refractivity contribution in [2.75, 3.05) is 11.9 Å². The van der Waals surface area contributed by atoms with Gasteiger partial charge in [-0.3, -0.25) is 14.4 Å². The highest BCUT2D eigenvalue weighted by Gasteiger charge is 2.44. The van der Waals surface area contributed by atoms with E-state index >= 15 is 0 Å². The maximum absolute atomic E-state index is 13.6. The van der Waals surface area contributed by atoms with Crippen LogP contribution in [0.2, 0.25) is 0 Å². The molecule has 35 heavy (non-hydrogen) atoms. The van der Waals surface area contributed by atoms with Gasteiger partial charge in [0.25, 0.3) is 5.91 Å². The molecule has 2 aromatic carbocycles. The second-order valence-electron chi connectivity index (χ2n) is 9.95. The van der Waals surface area contributed by atoms with Gasteiger partial charge in [0.15, 0.2) is 0 Å². The van der Waals surface area contributed by atoms with Gasteiger partial charge in [-0.2, -0.15) is 0 Å². The summed E-state index contributed by atoms with van der Waals surface area (Å²) in [5.41, 5.74) is 2.10. The summed E-state index contributed by atoms with van der Waals surface area (Å²) in [7, 11) is 1.70. The lowest BCUT2D eigenvalue weighted by atomic mass is 9.95. The van der Waals surface area contributed by atoms with E-state index in [0.29, 0.717) is 30.9 Å². The average Bonchev–Trinajstić information content (AvgIpc) is 3.61. The second-order valence-corrected chi connectivity index (χ2v) is 9.95. The molecule has 1 aliphatic heterocycles. The molecular formula is C28H32N4O3. The zero-order valence-electron chi connectivity index (χ0n) is 20.1. The number of hydrogen-bond acceptors (Lipinski definition) is 4. The number of carbonyl (C=O) groups is 3. The van der Waals surface area contributed by atoms with Crippen LogP contribution < -0.4 is 15.5 Å². The Morgan fingerprint density at radius 1 is 1.03 bits per heavy atom. The average molecular weight is 473 g/mol. The minimum Gasteiger partial charge on any atom is -0.342 e. The molecule has 2 fully saturated rings. The van der Waals surface area contributed by atoms with Crippen LogP contribution in [0.1, 0.15) is 62.5 Å². The Balaban J connectivity index is 1.43. The van der Waals surface area contributed by atoms with Crippen molar-refractivity contribution in [1.29, 1.82) is 0 Å². The van der Waals surface area contributed by atoms with Crippen molar-refractivity contribution < 1.29 is 14.4 Å². The van der Waals surface area contributed by atoms with E-state index in [-0.39, 0.29) is 17.7 Å². The van der Waals surface area contributed by atoms with Crippen molar-refractivity contribution in [2.24, 2.45) is 10.9 Å². The van der Waals surface area contributed by atoms with Gasteiger partial charge >= 0.3 is 0 Å². The Kier molecular flexibility index (Phi) is 6.41. The minimum atomic E-state index is -1.09. The number of hydrogen-bond donors (Lipinski definition) is 2. The van der Waals surface area contributed by atoms with Crippen molar-refractivity contribution in [3.05, 3.63) is 65.7 Å². The molecule has 2 aliphatic carbocycles. The predicted octanol–water partition coefficient (Wildman–Crippen LogP) is 3.56. The summed E-state index contributed by atoms with van der Waals surface area (Å²) in [4.78, 5) is 46.1. The molecule has 2 aromatic rings. The molecule has 2 N–H and O–H groups in total. The van der Waals surface area contributed by atoms with Gasteiger partial charge in [0.05, 0.1) is 11.4 Å². The van der Waals surface area contributed by atoms with Crippen LogP contribution in [0.5, 0.6) is 0 Å². The standard InChI is InChI=1S/C28H32N4O3/c1-32-22-12-6-5-11-21(22)24(20-9-3-2-4-10-20)29-25(26(32)34)30-27(35)28(17-7-8-18-28)31-23(33)16-15-19-13-14-19/h2-6,9-12,19,25H,7-8,13-18H2,1H3,(H,30,35)(H,31,33). The summed E-state index contributed by atoms with van der Waals surface area (Å²) < 4.78 is 0. The summed E-state index contributed by atoms with van der Waals surface area (Å²) in [6, 6.07) is 17.3. The Hall–Kier alpha value is -3.48. The lowest BCUT2D eigenvalue weighted by Gasteiger charge is -2.31. The van der Waals surface area contributed by atoms with Gasteiger partial charge in [-0.25, -0.2) is 4.99 Å². The van der Waals surface area contributed by atoms with E-state index in [9.17, 15) is 14.4 Å². The first kappa shape index (κ1) is 23.3. The van der Waals surface area contributed by atoms with Crippen LogP contribution >= 0.6 is 0 Å². The predicted molar refractivity (Wildman–Crippen MR) is 135 cm³/mol. The molecule has 5 rings (SSSR count). The SMILES string of the molecule is CN1C(=O)C(NC(=O)C2(NC(=O)CCC3CC3)CCCC2)N=C(c2ccccc2)c2ccccc21. The number of para-hydroxylation sites is 1. The molecule has 0 spiro atoms. The number of benzodiazepines with no additional fused rings is 1. The fraction of sp³-hybridized carbons (Fsp3) is 0.429. The number of fused-ring (bicyclic) bond motifs is 1. The van der Waals surface area contributed by atoms with Gasteiger partial charge in [-0.1, -0.05) is 74.2 Å². The highest BCUT2D eigenvalue weighted by Crippen LogP contribution is 2.34. The smallest absolute Gasteiger partial charge is 0.272 e. The van der Waals surface area contributed by atoms with E-state index in [1.165, 1.54) is 12.8 Å². The Labute approximate surface area is 206 Å². The number of rotatable bonds is 7. The van der Waals surface area contributed by atoms with Crippen LogP contribution in [0.15, 0.2) is 59.6 Å². The second kappa shape index (κ2) is 9.64. The Morgan fingerprint density at radius 2 is 1.71 bits per heavy atom.